The molecule has 6 nitrogen and oxygen atoms in total. The van der Waals surface area contributed by atoms with E-state index in [-0.39, 0.29) is 11.7 Å². The minimum atomic E-state index is -0.577. The fourth-order valence-corrected chi connectivity index (χ4v) is 3.98. The molecule has 0 saturated carbocycles. The Balaban J connectivity index is 1.50. The Hall–Kier alpha value is -4.05. The van der Waals surface area contributed by atoms with Crippen LogP contribution in [-0.4, -0.2) is 23.9 Å². The maximum Gasteiger partial charge on any atom is 0.252 e. The van der Waals surface area contributed by atoms with Crippen LogP contribution in [-0.2, 0) is 0 Å². The standard InChI is InChI=1S/C26H24FN3O3/c1-17-13-20(27)5-11-24(17)32-21-6-8-22(9-7-21)33-25-10-4-18(14-23(25)26(29)31)19-3-2-12-30(15-19)16-28/h4-11,13-14,19H,2-3,12,15H2,1H3,(H2,29,31). The van der Waals surface area contributed by atoms with E-state index in [1.54, 1.807) is 54.3 Å². The van der Waals surface area contributed by atoms with Crippen molar-refractivity contribution in [3.05, 3.63) is 83.2 Å². The third-order valence-corrected chi connectivity index (χ3v) is 5.72. The number of piperidine rings is 1. The number of nitriles is 1. The fraction of sp³-hybridized carbons (Fsp3) is 0.231. The zero-order chi connectivity index (χ0) is 23.4. The monoisotopic (exact) mass is 445 g/mol. The summed E-state index contributed by atoms with van der Waals surface area (Å²) >= 11 is 0. The summed E-state index contributed by atoms with van der Waals surface area (Å²) in [5.74, 6) is 1.29. The number of carbonyl (C=O) groups is 1. The Morgan fingerprint density at radius 3 is 2.36 bits per heavy atom. The Kier molecular flexibility index (Phi) is 6.45. The second kappa shape index (κ2) is 9.61. The van der Waals surface area contributed by atoms with Crippen molar-refractivity contribution >= 4 is 5.91 Å². The van der Waals surface area contributed by atoms with Crippen molar-refractivity contribution in [3.8, 4) is 29.2 Å². The van der Waals surface area contributed by atoms with Crippen LogP contribution in [0, 0.1) is 24.2 Å². The van der Waals surface area contributed by atoms with Crippen molar-refractivity contribution in [2.24, 2.45) is 5.73 Å². The molecule has 0 aliphatic carbocycles. The number of ether oxygens (including phenoxy) is 2. The molecule has 1 amide bonds. The van der Waals surface area contributed by atoms with E-state index in [0.29, 0.717) is 40.7 Å². The number of nitrogens with zero attached hydrogens (tertiary/aromatic N) is 2. The van der Waals surface area contributed by atoms with E-state index in [0.717, 1.165) is 24.9 Å². The third-order valence-electron chi connectivity index (χ3n) is 5.72. The summed E-state index contributed by atoms with van der Waals surface area (Å²) in [6.45, 7) is 3.16. The van der Waals surface area contributed by atoms with Crippen molar-refractivity contribution in [2.75, 3.05) is 13.1 Å². The molecule has 168 valence electrons. The van der Waals surface area contributed by atoms with Crippen LogP contribution >= 0.6 is 0 Å². The highest BCUT2D eigenvalue weighted by molar-refractivity contribution is 5.96. The van der Waals surface area contributed by atoms with Gasteiger partial charge in [-0.1, -0.05) is 6.07 Å². The molecule has 7 heteroatoms. The molecule has 0 bridgehead atoms. The molecule has 1 heterocycles. The number of benzene rings is 3. The summed E-state index contributed by atoms with van der Waals surface area (Å²) in [5.41, 5.74) is 7.58. The molecule has 33 heavy (non-hydrogen) atoms. The van der Waals surface area contributed by atoms with E-state index >= 15 is 0 Å². The quantitative estimate of drug-likeness (QED) is 0.508. The van der Waals surface area contributed by atoms with Crippen molar-refractivity contribution in [2.45, 2.75) is 25.7 Å². The molecule has 1 fully saturated rings. The maximum atomic E-state index is 13.3. The van der Waals surface area contributed by atoms with Gasteiger partial charge < -0.3 is 20.1 Å². The molecule has 2 N–H and O–H groups in total. The first kappa shape index (κ1) is 22.2. The first-order valence-electron chi connectivity index (χ1n) is 10.7. The first-order valence-corrected chi connectivity index (χ1v) is 10.7. The predicted molar refractivity (Wildman–Crippen MR) is 122 cm³/mol. The summed E-state index contributed by atoms with van der Waals surface area (Å²) in [4.78, 5) is 13.8. The summed E-state index contributed by atoms with van der Waals surface area (Å²) in [5, 5.41) is 9.19. The fourth-order valence-electron chi connectivity index (χ4n) is 3.98. The smallest absolute Gasteiger partial charge is 0.252 e. The summed E-state index contributed by atoms with van der Waals surface area (Å²) in [6.07, 6.45) is 4.08. The number of hydrogen-bond acceptors (Lipinski definition) is 5. The van der Waals surface area contributed by atoms with Crippen LogP contribution < -0.4 is 15.2 Å². The largest absolute Gasteiger partial charge is 0.457 e. The maximum absolute atomic E-state index is 13.3. The van der Waals surface area contributed by atoms with Crippen LogP contribution in [0.4, 0.5) is 4.39 Å². The van der Waals surface area contributed by atoms with Crippen LogP contribution in [0.3, 0.4) is 0 Å². The lowest BCUT2D eigenvalue weighted by atomic mass is 9.89. The second-order valence-corrected chi connectivity index (χ2v) is 8.09. The summed E-state index contributed by atoms with van der Waals surface area (Å²) < 4.78 is 25.0. The van der Waals surface area contributed by atoms with Crippen LogP contribution in [0.1, 0.15) is 40.2 Å². The molecule has 0 spiro atoms. The zero-order valence-corrected chi connectivity index (χ0v) is 18.3. The molecule has 3 aromatic rings. The van der Waals surface area contributed by atoms with E-state index in [2.05, 4.69) is 6.19 Å². The van der Waals surface area contributed by atoms with Gasteiger partial charge in [-0.05, 0) is 85.5 Å². The Bertz CT molecular complexity index is 1200. The number of hydrogen-bond donors (Lipinski definition) is 1. The summed E-state index contributed by atoms with van der Waals surface area (Å²) in [6, 6.07) is 16.7. The average molecular weight is 445 g/mol. The lowest BCUT2D eigenvalue weighted by Gasteiger charge is -2.29. The number of halogens is 1. The van der Waals surface area contributed by atoms with Crippen molar-refractivity contribution < 1.29 is 18.7 Å². The van der Waals surface area contributed by atoms with Gasteiger partial charge in [-0.25, -0.2) is 4.39 Å². The molecule has 1 aliphatic heterocycles. The van der Waals surface area contributed by atoms with Crippen molar-refractivity contribution in [1.29, 1.82) is 5.26 Å². The zero-order valence-electron chi connectivity index (χ0n) is 18.3. The van der Waals surface area contributed by atoms with Crippen LogP contribution in [0.2, 0.25) is 0 Å². The number of likely N-dealkylation sites (tertiary alicyclic amines) is 1. The number of aryl methyl sites for hydroxylation is 1. The molecular weight excluding hydrogens is 421 g/mol. The molecule has 0 radical (unpaired) electrons. The molecule has 3 aromatic carbocycles. The van der Waals surface area contributed by atoms with E-state index in [1.165, 1.54) is 12.1 Å². The number of carbonyl (C=O) groups excluding carboxylic acids is 1. The molecule has 1 atom stereocenters. The lowest BCUT2D eigenvalue weighted by Crippen LogP contribution is -2.30. The van der Waals surface area contributed by atoms with Gasteiger partial charge in [-0.3, -0.25) is 4.79 Å². The minimum absolute atomic E-state index is 0.164. The van der Waals surface area contributed by atoms with Gasteiger partial charge in [0.1, 0.15) is 28.8 Å². The SMILES string of the molecule is Cc1cc(F)ccc1Oc1ccc(Oc2ccc(C3CCCN(C#N)C3)cc2C(N)=O)cc1. The van der Waals surface area contributed by atoms with Gasteiger partial charge in [-0.15, -0.1) is 0 Å². The van der Waals surface area contributed by atoms with Crippen molar-refractivity contribution in [3.63, 3.8) is 0 Å². The second-order valence-electron chi connectivity index (χ2n) is 8.09. The number of nitrogens with two attached hydrogens (primary N) is 1. The van der Waals surface area contributed by atoms with Gasteiger partial charge in [0.2, 0.25) is 0 Å². The molecular formula is C26H24FN3O3. The molecule has 4 rings (SSSR count). The third kappa shape index (κ3) is 5.24. The highest BCUT2D eigenvalue weighted by Gasteiger charge is 2.22. The van der Waals surface area contributed by atoms with Gasteiger partial charge in [0.15, 0.2) is 6.19 Å². The average Bonchev–Trinajstić information content (AvgIpc) is 2.82. The van der Waals surface area contributed by atoms with Crippen LogP contribution in [0.15, 0.2) is 60.7 Å². The topological polar surface area (TPSA) is 88.6 Å². The highest BCUT2D eigenvalue weighted by atomic mass is 19.1. The van der Waals surface area contributed by atoms with E-state index in [9.17, 15) is 14.4 Å². The van der Waals surface area contributed by atoms with Crippen LogP contribution in [0.5, 0.6) is 23.0 Å². The Labute approximate surface area is 192 Å². The van der Waals surface area contributed by atoms with E-state index < -0.39 is 5.91 Å². The normalized spacial score (nSPS) is 15.5. The number of primary amides is 1. The van der Waals surface area contributed by atoms with Crippen LogP contribution in [0.25, 0.3) is 0 Å². The molecule has 1 saturated heterocycles. The first-order chi connectivity index (χ1) is 15.9. The van der Waals surface area contributed by atoms with Gasteiger partial charge in [0.05, 0.1) is 5.56 Å². The van der Waals surface area contributed by atoms with E-state index in [1.807, 2.05) is 6.07 Å². The van der Waals surface area contributed by atoms with Gasteiger partial charge in [0.25, 0.3) is 5.91 Å². The van der Waals surface area contributed by atoms with Gasteiger partial charge >= 0.3 is 0 Å². The van der Waals surface area contributed by atoms with Gasteiger partial charge in [0, 0.05) is 19.0 Å². The predicted octanol–water partition coefficient (Wildman–Crippen LogP) is 5.48. The highest BCUT2D eigenvalue weighted by Crippen LogP contribution is 2.33. The van der Waals surface area contributed by atoms with Crippen molar-refractivity contribution in [1.82, 2.24) is 4.90 Å². The minimum Gasteiger partial charge on any atom is -0.457 e. The number of rotatable bonds is 6. The lowest BCUT2D eigenvalue weighted by molar-refractivity contribution is 0.0998. The molecule has 1 aliphatic rings. The van der Waals surface area contributed by atoms with E-state index in [4.69, 9.17) is 15.2 Å². The Morgan fingerprint density at radius 2 is 1.73 bits per heavy atom. The summed E-state index contributed by atoms with van der Waals surface area (Å²) in [7, 11) is 0. The Morgan fingerprint density at radius 1 is 1.06 bits per heavy atom. The van der Waals surface area contributed by atoms with Gasteiger partial charge in [-0.2, -0.15) is 5.26 Å². The molecule has 1 unspecified atom stereocenters. The molecule has 0 aromatic heterocycles. The number of amides is 1.